The highest BCUT2D eigenvalue weighted by molar-refractivity contribution is 5.97. The summed E-state index contributed by atoms with van der Waals surface area (Å²) in [5.41, 5.74) is 5.56. The molecule has 1 aliphatic carbocycles. The van der Waals surface area contributed by atoms with Crippen LogP contribution >= 0.6 is 0 Å². The minimum Gasteiger partial charge on any atom is -0.451 e. The van der Waals surface area contributed by atoms with E-state index >= 15 is 0 Å². The number of carbonyl (C=O) groups is 2. The largest absolute Gasteiger partial charge is 0.451 e. The number of hydrogen-bond acceptors (Lipinski definition) is 8. The van der Waals surface area contributed by atoms with Crippen LogP contribution in [-0.2, 0) is 4.74 Å². The van der Waals surface area contributed by atoms with Gasteiger partial charge in [-0.15, -0.1) is 0 Å². The SMILES string of the molecule is CC(C)N(C)C(=O)c1cc(F)ccc1Oc1cncnc1N1CC2(CN(CC[C@H]3CC[C@H](OC(N)=O)CC3)C2)C1. The van der Waals surface area contributed by atoms with Gasteiger partial charge in [-0.1, -0.05) is 0 Å². The van der Waals surface area contributed by atoms with Crippen LogP contribution in [0.1, 0.15) is 56.3 Å². The predicted molar refractivity (Wildman–Crippen MR) is 148 cm³/mol. The van der Waals surface area contributed by atoms with Crippen LogP contribution in [-0.4, -0.2) is 83.7 Å². The second-order valence-electron chi connectivity index (χ2n) is 11.9. The van der Waals surface area contributed by atoms with E-state index in [4.69, 9.17) is 15.2 Å². The quantitative estimate of drug-likeness (QED) is 0.494. The summed E-state index contributed by atoms with van der Waals surface area (Å²) in [6.45, 7) is 8.75. The van der Waals surface area contributed by atoms with E-state index < -0.39 is 11.9 Å². The first kappa shape index (κ1) is 28.1. The van der Waals surface area contributed by atoms with Gasteiger partial charge in [0.15, 0.2) is 11.6 Å². The summed E-state index contributed by atoms with van der Waals surface area (Å²) in [6, 6.07) is 3.93. The Balaban J connectivity index is 1.14. The van der Waals surface area contributed by atoms with Gasteiger partial charge in [0.25, 0.3) is 5.91 Å². The molecule has 2 N–H and O–H groups in total. The molecule has 0 radical (unpaired) electrons. The van der Waals surface area contributed by atoms with Crippen molar-refractivity contribution in [3.8, 4) is 11.5 Å². The number of amides is 2. The normalized spacial score (nSPS) is 22.0. The lowest BCUT2D eigenvalue weighted by Crippen LogP contribution is -2.72. The van der Waals surface area contributed by atoms with E-state index in [1.807, 2.05) is 13.8 Å². The second kappa shape index (κ2) is 11.6. The zero-order valence-corrected chi connectivity index (χ0v) is 23.5. The summed E-state index contributed by atoms with van der Waals surface area (Å²) in [5, 5.41) is 0. The van der Waals surface area contributed by atoms with Crippen molar-refractivity contribution in [1.82, 2.24) is 19.8 Å². The van der Waals surface area contributed by atoms with E-state index in [0.717, 1.165) is 64.8 Å². The number of rotatable bonds is 9. The topological polar surface area (TPSA) is 114 Å². The zero-order chi connectivity index (χ0) is 28.4. The Kier molecular flexibility index (Phi) is 8.11. The van der Waals surface area contributed by atoms with Crippen LogP contribution < -0.4 is 15.4 Å². The van der Waals surface area contributed by atoms with Gasteiger partial charge >= 0.3 is 6.09 Å². The van der Waals surface area contributed by atoms with Gasteiger partial charge in [0.05, 0.1) is 11.8 Å². The molecular weight excluding hydrogens is 515 g/mol. The third kappa shape index (κ3) is 6.14. The summed E-state index contributed by atoms with van der Waals surface area (Å²) in [4.78, 5) is 38.8. The fraction of sp³-hybridized carbons (Fsp3) is 0.586. The Morgan fingerprint density at radius 1 is 1.15 bits per heavy atom. The number of likely N-dealkylation sites (tertiary alicyclic amines) is 1. The van der Waals surface area contributed by atoms with Crippen LogP contribution in [0.2, 0.25) is 0 Å². The maximum absolute atomic E-state index is 14.1. The fourth-order valence-corrected chi connectivity index (χ4v) is 6.16. The van der Waals surface area contributed by atoms with Gasteiger partial charge in [-0.3, -0.25) is 4.79 Å². The van der Waals surface area contributed by atoms with Crippen molar-refractivity contribution in [3.05, 3.63) is 42.1 Å². The molecule has 2 aromatic rings. The van der Waals surface area contributed by atoms with Gasteiger partial charge in [-0.2, -0.15) is 0 Å². The number of nitrogens with two attached hydrogens (primary N) is 1. The number of benzene rings is 1. The summed E-state index contributed by atoms with van der Waals surface area (Å²) in [6.07, 6.45) is 7.52. The monoisotopic (exact) mass is 554 g/mol. The Morgan fingerprint density at radius 3 is 2.55 bits per heavy atom. The zero-order valence-electron chi connectivity index (χ0n) is 23.5. The number of ether oxygens (including phenoxy) is 2. The molecule has 10 nitrogen and oxygen atoms in total. The third-order valence-corrected chi connectivity index (χ3v) is 8.55. The molecule has 1 saturated carbocycles. The van der Waals surface area contributed by atoms with Crippen LogP contribution in [0.3, 0.4) is 0 Å². The molecule has 5 rings (SSSR count). The Labute approximate surface area is 234 Å². The molecule has 3 heterocycles. The fourth-order valence-electron chi connectivity index (χ4n) is 6.16. The number of halogens is 1. The Bertz CT molecular complexity index is 1220. The Hall–Kier alpha value is -3.47. The van der Waals surface area contributed by atoms with E-state index in [1.165, 1.54) is 24.5 Å². The molecule has 40 heavy (non-hydrogen) atoms. The maximum Gasteiger partial charge on any atom is 0.404 e. The maximum atomic E-state index is 14.1. The third-order valence-electron chi connectivity index (χ3n) is 8.55. The number of primary amides is 1. The van der Waals surface area contributed by atoms with Crippen molar-refractivity contribution in [1.29, 1.82) is 0 Å². The molecule has 3 aliphatic rings. The van der Waals surface area contributed by atoms with Crippen molar-refractivity contribution < 1.29 is 23.5 Å². The van der Waals surface area contributed by atoms with E-state index in [-0.39, 0.29) is 34.8 Å². The summed E-state index contributed by atoms with van der Waals surface area (Å²) in [5.74, 6) is 1.25. The minimum absolute atomic E-state index is 0.0193. The van der Waals surface area contributed by atoms with E-state index in [0.29, 0.717) is 17.5 Å². The molecule has 0 atom stereocenters. The first-order valence-corrected chi connectivity index (χ1v) is 14.1. The number of nitrogens with zero attached hydrogens (tertiary/aromatic N) is 5. The minimum atomic E-state index is -0.672. The first-order valence-electron chi connectivity index (χ1n) is 14.1. The van der Waals surface area contributed by atoms with Crippen molar-refractivity contribution in [2.75, 3.05) is 44.7 Å². The lowest BCUT2D eigenvalue weighted by atomic mass is 9.72. The number of anilines is 1. The van der Waals surface area contributed by atoms with Crippen molar-refractivity contribution in [2.24, 2.45) is 17.1 Å². The lowest BCUT2D eigenvalue weighted by Gasteiger charge is -2.61. The number of carbonyl (C=O) groups excluding carboxylic acids is 2. The average molecular weight is 555 g/mol. The van der Waals surface area contributed by atoms with Crippen LogP contribution in [0.25, 0.3) is 0 Å². The van der Waals surface area contributed by atoms with Gasteiger partial charge < -0.3 is 29.9 Å². The molecule has 0 unspecified atom stereocenters. The molecule has 2 saturated heterocycles. The molecule has 0 bridgehead atoms. The molecule has 2 amide bonds. The van der Waals surface area contributed by atoms with Gasteiger partial charge in [0.1, 0.15) is 24.0 Å². The van der Waals surface area contributed by atoms with Crippen LogP contribution in [0.5, 0.6) is 11.5 Å². The lowest BCUT2D eigenvalue weighted by molar-refractivity contribution is -0.0268. The van der Waals surface area contributed by atoms with E-state index in [9.17, 15) is 14.0 Å². The van der Waals surface area contributed by atoms with Gasteiger partial charge in [0, 0.05) is 44.7 Å². The van der Waals surface area contributed by atoms with Gasteiger partial charge in [0.2, 0.25) is 0 Å². The highest BCUT2D eigenvalue weighted by Gasteiger charge is 2.52. The molecule has 1 aromatic carbocycles. The number of hydrogen-bond donors (Lipinski definition) is 1. The molecule has 3 fully saturated rings. The highest BCUT2D eigenvalue weighted by atomic mass is 19.1. The van der Waals surface area contributed by atoms with Crippen LogP contribution in [0.15, 0.2) is 30.7 Å². The summed E-state index contributed by atoms with van der Waals surface area (Å²) in [7, 11) is 1.69. The first-order chi connectivity index (χ1) is 19.1. The summed E-state index contributed by atoms with van der Waals surface area (Å²) < 4.78 is 25.4. The molecule has 2 aliphatic heterocycles. The molecule has 1 aromatic heterocycles. The molecular formula is C29H39FN6O4. The van der Waals surface area contributed by atoms with E-state index in [1.54, 1.807) is 18.1 Å². The molecule has 1 spiro atoms. The van der Waals surface area contributed by atoms with Gasteiger partial charge in [-0.05, 0) is 76.6 Å². The smallest absolute Gasteiger partial charge is 0.404 e. The Morgan fingerprint density at radius 2 is 1.88 bits per heavy atom. The van der Waals surface area contributed by atoms with Gasteiger partial charge in [-0.25, -0.2) is 19.2 Å². The van der Waals surface area contributed by atoms with Crippen molar-refractivity contribution >= 4 is 17.8 Å². The molecule has 216 valence electrons. The molecule has 11 heteroatoms. The predicted octanol–water partition coefficient (Wildman–Crippen LogP) is 4.05. The second-order valence-corrected chi connectivity index (χ2v) is 11.9. The van der Waals surface area contributed by atoms with Crippen LogP contribution in [0.4, 0.5) is 15.0 Å². The average Bonchev–Trinajstić information content (AvgIpc) is 2.88. The standard InChI is InChI=1S/C29H39FN6O4/c1-19(2)34(3)27(37)23-12-21(30)6-9-24(23)40-25-13-32-18-33-26(25)36-16-29(17-36)14-35(15-29)11-10-20-4-7-22(8-5-20)39-28(31)38/h6,9,12-13,18-20,22H,4-5,7-8,10-11,14-17H2,1-3H3,(H2,31,38)/t20-,22-. The van der Waals surface area contributed by atoms with Crippen molar-refractivity contribution in [2.45, 2.75) is 58.1 Å². The van der Waals surface area contributed by atoms with Crippen LogP contribution in [0, 0.1) is 17.2 Å². The van der Waals surface area contributed by atoms with E-state index in [2.05, 4.69) is 19.8 Å². The van der Waals surface area contributed by atoms with Crippen molar-refractivity contribution in [3.63, 3.8) is 0 Å². The summed E-state index contributed by atoms with van der Waals surface area (Å²) >= 11 is 0. The number of aromatic nitrogens is 2. The highest BCUT2D eigenvalue weighted by Crippen LogP contribution is 2.44.